The molecular formula is C18H21ClN2O4S2. The van der Waals surface area contributed by atoms with Gasteiger partial charge in [-0.3, -0.25) is 0 Å². The molecule has 0 spiro atoms. The molecule has 1 heterocycles. The molecule has 0 aromatic heterocycles. The average Bonchev–Trinajstić information content (AvgIpc) is 2.62. The van der Waals surface area contributed by atoms with Crippen LogP contribution in [0.3, 0.4) is 0 Å². The molecule has 0 aliphatic carbocycles. The number of hydrogen-bond acceptors (Lipinski definition) is 4. The van der Waals surface area contributed by atoms with Gasteiger partial charge in [-0.15, -0.1) is 0 Å². The van der Waals surface area contributed by atoms with Gasteiger partial charge in [0.2, 0.25) is 20.0 Å². The van der Waals surface area contributed by atoms with Crippen molar-refractivity contribution in [3.8, 4) is 0 Å². The summed E-state index contributed by atoms with van der Waals surface area (Å²) in [6.07, 6.45) is 0. The maximum Gasteiger partial charge on any atom is 0.244 e. The van der Waals surface area contributed by atoms with Gasteiger partial charge >= 0.3 is 0 Å². The quantitative estimate of drug-likeness (QED) is 0.733. The highest BCUT2D eigenvalue weighted by molar-refractivity contribution is 7.89. The van der Waals surface area contributed by atoms with Crippen molar-refractivity contribution in [3.05, 3.63) is 64.7 Å². The summed E-state index contributed by atoms with van der Waals surface area (Å²) in [5, 5.41) is 0.175. The number of rotatable bonds is 5. The van der Waals surface area contributed by atoms with Crippen LogP contribution >= 0.6 is 11.6 Å². The van der Waals surface area contributed by atoms with Crippen molar-refractivity contribution in [3.63, 3.8) is 0 Å². The lowest BCUT2D eigenvalue weighted by atomic mass is 10.2. The Hall–Kier alpha value is -1.45. The fourth-order valence-corrected chi connectivity index (χ4v) is 6.53. The summed E-state index contributed by atoms with van der Waals surface area (Å²) in [6.45, 7) is 2.27. The minimum absolute atomic E-state index is 0.0513. The molecule has 1 aliphatic heterocycles. The molecule has 2 aromatic carbocycles. The number of benzene rings is 2. The molecule has 1 aliphatic rings. The Labute approximate surface area is 165 Å². The summed E-state index contributed by atoms with van der Waals surface area (Å²) in [6, 6.07) is 13.7. The molecule has 0 amide bonds. The van der Waals surface area contributed by atoms with Crippen LogP contribution < -0.4 is 0 Å². The maximum atomic E-state index is 12.8. The second kappa shape index (κ2) is 7.89. The third kappa shape index (κ3) is 4.52. The first-order valence-electron chi connectivity index (χ1n) is 8.48. The second-order valence-electron chi connectivity index (χ2n) is 6.48. The van der Waals surface area contributed by atoms with Gasteiger partial charge in [-0.25, -0.2) is 16.8 Å². The van der Waals surface area contributed by atoms with Crippen molar-refractivity contribution in [1.82, 2.24) is 8.61 Å². The summed E-state index contributed by atoms with van der Waals surface area (Å²) in [5.41, 5.74) is 1.58. The van der Waals surface area contributed by atoms with E-state index in [-0.39, 0.29) is 41.8 Å². The van der Waals surface area contributed by atoms with E-state index in [9.17, 15) is 16.8 Å². The van der Waals surface area contributed by atoms with E-state index < -0.39 is 20.0 Å². The molecule has 3 rings (SSSR count). The molecule has 146 valence electrons. The van der Waals surface area contributed by atoms with Crippen LogP contribution in [-0.4, -0.2) is 51.6 Å². The number of nitrogens with zero attached hydrogens (tertiary/aromatic N) is 2. The molecule has 0 saturated carbocycles. The molecule has 9 heteroatoms. The summed E-state index contributed by atoms with van der Waals surface area (Å²) in [4.78, 5) is 0.0513. The first-order chi connectivity index (χ1) is 12.7. The van der Waals surface area contributed by atoms with E-state index in [2.05, 4.69) is 0 Å². The fourth-order valence-electron chi connectivity index (χ4n) is 3.02. The number of sulfonamides is 2. The van der Waals surface area contributed by atoms with Crippen molar-refractivity contribution in [2.24, 2.45) is 0 Å². The lowest BCUT2D eigenvalue weighted by Crippen LogP contribution is -2.50. The zero-order valence-electron chi connectivity index (χ0n) is 14.9. The minimum Gasteiger partial charge on any atom is -0.212 e. The van der Waals surface area contributed by atoms with Crippen LogP contribution in [0, 0.1) is 6.92 Å². The van der Waals surface area contributed by atoms with E-state index in [1.54, 1.807) is 36.4 Å². The lowest BCUT2D eigenvalue weighted by molar-refractivity contribution is 0.272. The summed E-state index contributed by atoms with van der Waals surface area (Å²) in [7, 11) is -7.26. The van der Waals surface area contributed by atoms with Crippen molar-refractivity contribution >= 4 is 31.6 Å². The number of hydrogen-bond donors (Lipinski definition) is 0. The van der Waals surface area contributed by atoms with Crippen molar-refractivity contribution in [2.75, 3.05) is 26.2 Å². The molecule has 1 fully saturated rings. The standard InChI is InChI=1S/C18H21ClN2O4S2/c1-15-7-8-18(17(19)13-15)27(24,25)21-11-9-20(10-12-21)26(22,23)14-16-5-3-2-4-6-16/h2-8,13H,9-12,14H2,1H3. The summed E-state index contributed by atoms with van der Waals surface area (Å²) >= 11 is 6.11. The van der Waals surface area contributed by atoms with Gasteiger partial charge < -0.3 is 0 Å². The van der Waals surface area contributed by atoms with Crippen molar-refractivity contribution in [2.45, 2.75) is 17.6 Å². The van der Waals surface area contributed by atoms with Crippen LogP contribution in [0.1, 0.15) is 11.1 Å². The Kier molecular flexibility index (Phi) is 5.93. The van der Waals surface area contributed by atoms with E-state index >= 15 is 0 Å². The largest absolute Gasteiger partial charge is 0.244 e. The molecule has 0 unspecified atom stereocenters. The Morgan fingerprint density at radius 3 is 2.07 bits per heavy atom. The average molecular weight is 429 g/mol. The van der Waals surface area contributed by atoms with Crippen LogP contribution in [0.15, 0.2) is 53.4 Å². The first kappa shape index (κ1) is 20.3. The highest BCUT2D eigenvalue weighted by Crippen LogP contribution is 2.27. The third-order valence-electron chi connectivity index (χ3n) is 4.49. The molecule has 0 radical (unpaired) electrons. The van der Waals surface area contributed by atoms with Gasteiger partial charge in [0, 0.05) is 26.2 Å². The molecule has 0 N–H and O–H groups in total. The van der Waals surface area contributed by atoms with E-state index in [4.69, 9.17) is 11.6 Å². The minimum atomic E-state index is -3.76. The van der Waals surface area contributed by atoms with Gasteiger partial charge in [0.15, 0.2) is 0 Å². The Morgan fingerprint density at radius 1 is 0.889 bits per heavy atom. The van der Waals surface area contributed by atoms with E-state index in [0.29, 0.717) is 5.56 Å². The molecule has 0 bridgehead atoms. The highest BCUT2D eigenvalue weighted by atomic mass is 35.5. The first-order valence-corrected chi connectivity index (χ1v) is 11.9. The predicted octanol–water partition coefficient (Wildman–Crippen LogP) is 2.48. The molecule has 2 aromatic rings. The smallest absolute Gasteiger partial charge is 0.212 e. The molecule has 0 atom stereocenters. The number of aryl methyl sites for hydroxylation is 1. The Morgan fingerprint density at radius 2 is 1.48 bits per heavy atom. The van der Waals surface area contributed by atoms with E-state index in [1.165, 1.54) is 14.7 Å². The highest BCUT2D eigenvalue weighted by Gasteiger charge is 2.33. The van der Waals surface area contributed by atoms with Gasteiger partial charge in [-0.2, -0.15) is 8.61 Å². The molecule has 27 heavy (non-hydrogen) atoms. The van der Waals surface area contributed by atoms with Crippen LogP contribution in [0.25, 0.3) is 0 Å². The van der Waals surface area contributed by atoms with E-state index in [0.717, 1.165) is 5.56 Å². The monoisotopic (exact) mass is 428 g/mol. The topological polar surface area (TPSA) is 74.8 Å². The summed E-state index contributed by atoms with van der Waals surface area (Å²) < 4.78 is 53.5. The molecular weight excluding hydrogens is 408 g/mol. The second-order valence-corrected chi connectivity index (χ2v) is 10.8. The maximum absolute atomic E-state index is 12.8. The number of halogens is 1. The van der Waals surface area contributed by atoms with Crippen LogP contribution in [0.5, 0.6) is 0 Å². The lowest BCUT2D eigenvalue weighted by Gasteiger charge is -2.33. The van der Waals surface area contributed by atoms with E-state index in [1.807, 2.05) is 13.0 Å². The number of piperazine rings is 1. The summed E-state index contributed by atoms with van der Waals surface area (Å²) in [5.74, 6) is -0.0929. The van der Waals surface area contributed by atoms with Gasteiger partial charge in [-0.1, -0.05) is 48.0 Å². The van der Waals surface area contributed by atoms with Gasteiger partial charge in [-0.05, 0) is 30.2 Å². The third-order valence-corrected chi connectivity index (χ3v) is 8.72. The van der Waals surface area contributed by atoms with Crippen LogP contribution in [-0.2, 0) is 25.8 Å². The zero-order valence-corrected chi connectivity index (χ0v) is 17.3. The fraction of sp³-hybridized carbons (Fsp3) is 0.333. The van der Waals surface area contributed by atoms with Gasteiger partial charge in [0.25, 0.3) is 0 Å². The van der Waals surface area contributed by atoms with Crippen molar-refractivity contribution < 1.29 is 16.8 Å². The van der Waals surface area contributed by atoms with Gasteiger partial charge in [0.05, 0.1) is 10.8 Å². The van der Waals surface area contributed by atoms with Crippen LogP contribution in [0.4, 0.5) is 0 Å². The Bertz CT molecular complexity index is 1020. The van der Waals surface area contributed by atoms with Crippen LogP contribution in [0.2, 0.25) is 5.02 Å². The van der Waals surface area contributed by atoms with Gasteiger partial charge in [0.1, 0.15) is 4.90 Å². The zero-order chi connectivity index (χ0) is 19.7. The van der Waals surface area contributed by atoms with Crippen molar-refractivity contribution in [1.29, 1.82) is 0 Å². The predicted molar refractivity (Wildman–Crippen MR) is 106 cm³/mol. The molecule has 6 nitrogen and oxygen atoms in total. The SMILES string of the molecule is Cc1ccc(S(=O)(=O)N2CCN(S(=O)(=O)Cc3ccccc3)CC2)c(Cl)c1. The molecule has 1 saturated heterocycles. The Balaban J connectivity index is 1.71. The normalized spacial score (nSPS) is 17.1.